The van der Waals surface area contributed by atoms with Gasteiger partial charge >= 0.3 is 0 Å². The largest absolute Gasteiger partial charge is 0.294 e. The van der Waals surface area contributed by atoms with Crippen molar-refractivity contribution < 1.29 is 4.79 Å². The summed E-state index contributed by atoms with van der Waals surface area (Å²) in [5, 5.41) is 0. The molecule has 0 spiro atoms. The third-order valence-corrected chi connectivity index (χ3v) is 5.94. The zero-order valence-corrected chi connectivity index (χ0v) is 14.9. The molecule has 0 heterocycles. The van der Waals surface area contributed by atoms with E-state index in [1.807, 2.05) is 12.1 Å². The van der Waals surface area contributed by atoms with E-state index in [2.05, 4.69) is 48.6 Å². The molecule has 1 nitrogen and oxygen atoms in total. The fourth-order valence-electron chi connectivity index (χ4n) is 4.67. The van der Waals surface area contributed by atoms with Gasteiger partial charge < -0.3 is 0 Å². The van der Waals surface area contributed by atoms with Gasteiger partial charge in [0.15, 0.2) is 5.78 Å². The first-order chi connectivity index (χ1) is 12.8. The molecule has 2 aromatic rings. The molecule has 0 aliphatic heterocycles. The maximum Gasteiger partial charge on any atom is 0.167 e. The molecule has 0 saturated carbocycles. The lowest BCUT2D eigenvalue weighted by Gasteiger charge is -2.12. The number of hydrogen-bond donors (Lipinski definition) is 0. The summed E-state index contributed by atoms with van der Waals surface area (Å²) in [5.41, 5.74) is 10.2. The van der Waals surface area contributed by atoms with Crippen LogP contribution < -0.4 is 0 Å². The molecule has 26 heavy (non-hydrogen) atoms. The number of fused-ring (bicyclic) bond motifs is 2. The molecule has 3 aliphatic carbocycles. The van der Waals surface area contributed by atoms with Crippen molar-refractivity contribution in [3.05, 3.63) is 99.2 Å². The maximum absolute atomic E-state index is 13.1. The fourth-order valence-corrected chi connectivity index (χ4v) is 4.67. The molecular formula is C25H22O. The van der Waals surface area contributed by atoms with Crippen LogP contribution in [0.2, 0.25) is 0 Å². The van der Waals surface area contributed by atoms with Crippen molar-refractivity contribution in [2.45, 2.75) is 38.5 Å². The molecule has 3 aliphatic rings. The van der Waals surface area contributed by atoms with Crippen molar-refractivity contribution in [3.63, 3.8) is 0 Å². The Morgan fingerprint density at radius 1 is 0.923 bits per heavy atom. The van der Waals surface area contributed by atoms with Crippen molar-refractivity contribution in [3.8, 4) is 0 Å². The third kappa shape index (κ3) is 2.59. The molecule has 0 radical (unpaired) electrons. The number of carbonyl (C=O) groups excluding carboxylic acids is 1. The fraction of sp³-hybridized carbons (Fsp3) is 0.240. The second-order valence-electron chi connectivity index (χ2n) is 7.52. The first kappa shape index (κ1) is 15.6. The van der Waals surface area contributed by atoms with Crippen molar-refractivity contribution in [1.82, 2.24) is 0 Å². The highest BCUT2D eigenvalue weighted by Gasteiger charge is 2.24. The van der Waals surface area contributed by atoms with Gasteiger partial charge in [0.1, 0.15) is 0 Å². The summed E-state index contributed by atoms with van der Waals surface area (Å²) < 4.78 is 0. The molecule has 0 bridgehead atoms. The number of aryl methyl sites for hydroxylation is 1. The molecule has 128 valence electrons. The predicted octanol–water partition coefficient (Wildman–Crippen LogP) is 5.64. The van der Waals surface area contributed by atoms with E-state index in [4.69, 9.17) is 0 Å². The molecule has 2 aromatic carbocycles. The maximum atomic E-state index is 13.1. The summed E-state index contributed by atoms with van der Waals surface area (Å²) >= 11 is 0. The Bertz CT molecular complexity index is 1000. The Labute approximate surface area is 154 Å². The van der Waals surface area contributed by atoms with Crippen molar-refractivity contribution in [2.75, 3.05) is 0 Å². The van der Waals surface area contributed by atoms with Crippen LogP contribution >= 0.6 is 0 Å². The zero-order valence-electron chi connectivity index (χ0n) is 14.9. The lowest BCUT2D eigenvalue weighted by molar-refractivity contribution is 0.0992. The van der Waals surface area contributed by atoms with E-state index in [1.165, 1.54) is 45.4 Å². The molecule has 0 N–H and O–H groups in total. The minimum atomic E-state index is 0.277. The minimum Gasteiger partial charge on any atom is -0.294 e. The Kier molecular flexibility index (Phi) is 3.74. The summed E-state index contributed by atoms with van der Waals surface area (Å²) in [6, 6.07) is 14.8. The topological polar surface area (TPSA) is 17.1 Å². The predicted molar refractivity (Wildman–Crippen MR) is 106 cm³/mol. The average Bonchev–Trinajstić information content (AvgIpc) is 3.39. The van der Waals surface area contributed by atoms with Crippen molar-refractivity contribution in [2.24, 2.45) is 0 Å². The number of carbonyl (C=O) groups is 1. The summed E-state index contributed by atoms with van der Waals surface area (Å²) in [6.07, 6.45) is 12.6. The summed E-state index contributed by atoms with van der Waals surface area (Å²) in [7, 11) is 0. The van der Waals surface area contributed by atoms with Crippen molar-refractivity contribution in [1.29, 1.82) is 0 Å². The summed E-state index contributed by atoms with van der Waals surface area (Å²) in [4.78, 5) is 13.1. The summed E-state index contributed by atoms with van der Waals surface area (Å²) in [6.45, 7) is 0. The van der Waals surface area contributed by atoms with Crippen LogP contribution in [0.3, 0.4) is 0 Å². The third-order valence-electron chi connectivity index (χ3n) is 5.94. The van der Waals surface area contributed by atoms with Gasteiger partial charge in [-0.15, -0.1) is 0 Å². The van der Waals surface area contributed by atoms with E-state index in [9.17, 15) is 4.79 Å². The van der Waals surface area contributed by atoms with Gasteiger partial charge in [0.05, 0.1) is 0 Å². The van der Waals surface area contributed by atoms with Crippen LogP contribution in [0.4, 0.5) is 0 Å². The second-order valence-corrected chi connectivity index (χ2v) is 7.52. The molecule has 1 heteroatoms. The zero-order chi connectivity index (χ0) is 17.5. The SMILES string of the molecule is O=C(CC1=CCC=C1C1=Cc2ccccc2C1)c1cccc2c1CCC2. The van der Waals surface area contributed by atoms with Crippen LogP contribution in [-0.4, -0.2) is 5.78 Å². The second kappa shape index (κ2) is 6.25. The Morgan fingerprint density at radius 3 is 2.73 bits per heavy atom. The minimum absolute atomic E-state index is 0.277. The molecule has 0 saturated heterocycles. The van der Waals surface area contributed by atoms with Crippen LogP contribution in [0.15, 0.2) is 71.3 Å². The normalized spacial score (nSPS) is 17.5. The number of ketones is 1. The van der Waals surface area contributed by atoms with Gasteiger partial charge in [0.25, 0.3) is 0 Å². The highest BCUT2D eigenvalue weighted by Crippen LogP contribution is 2.37. The smallest absolute Gasteiger partial charge is 0.167 e. The van der Waals surface area contributed by atoms with Gasteiger partial charge in [-0.25, -0.2) is 0 Å². The van der Waals surface area contributed by atoms with Gasteiger partial charge in [-0.05, 0) is 71.1 Å². The standard InChI is InChI=1S/C25H22O/c26-25(24-13-4-9-17-8-3-12-23(17)24)16-20-10-5-11-22(20)21-14-18-6-1-2-7-19(18)15-21/h1-2,4,6-7,9-11,13-14H,3,5,8,12,15-16H2. The van der Waals surface area contributed by atoms with Gasteiger partial charge in [-0.2, -0.15) is 0 Å². The van der Waals surface area contributed by atoms with Crippen molar-refractivity contribution >= 4 is 11.9 Å². The molecular weight excluding hydrogens is 316 g/mol. The number of benzene rings is 2. The van der Waals surface area contributed by atoms with Crippen LogP contribution in [-0.2, 0) is 19.3 Å². The molecule has 0 unspecified atom stereocenters. The Balaban J connectivity index is 1.38. The van der Waals surface area contributed by atoms with Crippen LogP contribution in [0.25, 0.3) is 6.08 Å². The van der Waals surface area contributed by atoms with Crippen LogP contribution in [0, 0.1) is 0 Å². The first-order valence-corrected chi connectivity index (χ1v) is 9.62. The van der Waals surface area contributed by atoms with Gasteiger partial charge in [0, 0.05) is 12.0 Å². The number of rotatable bonds is 4. The number of allylic oxidation sites excluding steroid dienone is 5. The average molecular weight is 338 g/mol. The van der Waals surface area contributed by atoms with Gasteiger partial charge in [0.2, 0.25) is 0 Å². The van der Waals surface area contributed by atoms with Crippen LogP contribution in [0.1, 0.15) is 51.9 Å². The van der Waals surface area contributed by atoms with E-state index in [0.29, 0.717) is 6.42 Å². The lowest BCUT2D eigenvalue weighted by atomic mass is 9.91. The van der Waals surface area contributed by atoms with E-state index in [0.717, 1.165) is 31.2 Å². The summed E-state index contributed by atoms with van der Waals surface area (Å²) in [5.74, 6) is 0.277. The lowest BCUT2D eigenvalue weighted by Crippen LogP contribution is -2.06. The van der Waals surface area contributed by atoms with Crippen LogP contribution in [0.5, 0.6) is 0 Å². The quantitative estimate of drug-likeness (QED) is 0.659. The molecule has 0 amide bonds. The van der Waals surface area contributed by atoms with E-state index >= 15 is 0 Å². The highest BCUT2D eigenvalue weighted by molar-refractivity contribution is 6.00. The number of Topliss-reactive ketones (excluding diaryl/α,β-unsaturated/α-hetero) is 1. The van der Waals surface area contributed by atoms with E-state index in [-0.39, 0.29) is 5.78 Å². The van der Waals surface area contributed by atoms with Gasteiger partial charge in [-0.3, -0.25) is 4.79 Å². The Hall–Kier alpha value is -2.67. The first-order valence-electron chi connectivity index (χ1n) is 9.62. The van der Waals surface area contributed by atoms with E-state index < -0.39 is 0 Å². The molecule has 0 atom stereocenters. The van der Waals surface area contributed by atoms with E-state index in [1.54, 1.807) is 0 Å². The van der Waals surface area contributed by atoms with Gasteiger partial charge in [-0.1, -0.05) is 60.7 Å². The molecule has 0 aromatic heterocycles. The Morgan fingerprint density at radius 2 is 1.81 bits per heavy atom. The highest BCUT2D eigenvalue weighted by atomic mass is 16.1. The molecule has 5 rings (SSSR count). The monoisotopic (exact) mass is 338 g/mol. The molecule has 0 fully saturated rings. The number of hydrogen-bond acceptors (Lipinski definition) is 1.